The number of pyridine rings is 1. The number of aromatic nitrogens is 1. The minimum atomic E-state index is -0.418. The molecule has 1 fully saturated rings. The van der Waals surface area contributed by atoms with Crippen LogP contribution in [0.5, 0.6) is 0 Å². The number of piperazine rings is 1. The van der Waals surface area contributed by atoms with E-state index in [0.29, 0.717) is 38.4 Å². The van der Waals surface area contributed by atoms with Crippen LogP contribution in [0, 0.1) is 11.6 Å². The first kappa shape index (κ1) is 22.3. The van der Waals surface area contributed by atoms with Crippen LogP contribution in [0.3, 0.4) is 0 Å². The zero-order valence-electron chi connectivity index (χ0n) is 15.9. The number of nitrogens with one attached hydrogen (secondary N) is 1. The molecule has 0 unspecified atom stereocenters. The molecule has 2 heterocycles. The maximum Gasteiger partial charge on any atom is 0.194 e. The molecule has 5 nitrogen and oxygen atoms in total. The molecule has 1 aliphatic rings. The van der Waals surface area contributed by atoms with Gasteiger partial charge in [-0.3, -0.25) is 9.98 Å². The van der Waals surface area contributed by atoms with Crippen LogP contribution in [0.25, 0.3) is 0 Å². The molecule has 3 rings (SSSR count). The number of hydrogen-bond acceptors (Lipinski definition) is 3. The third-order valence-corrected chi connectivity index (χ3v) is 4.52. The van der Waals surface area contributed by atoms with E-state index in [4.69, 9.17) is 4.99 Å². The quantitative estimate of drug-likeness (QED) is 0.388. The van der Waals surface area contributed by atoms with Crippen LogP contribution in [0.2, 0.25) is 0 Å². The summed E-state index contributed by atoms with van der Waals surface area (Å²) in [6.07, 6.45) is 2.57. The first-order valence-corrected chi connectivity index (χ1v) is 9.30. The van der Waals surface area contributed by atoms with Gasteiger partial charge in [0.05, 0.1) is 5.69 Å². The molecule has 1 saturated heterocycles. The maximum atomic E-state index is 14.0. The van der Waals surface area contributed by atoms with Crippen LogP contribution in [-0.4, -0.2) is 55.1 Å². The fourth-order valence-electron chi connectivity index (χ4n) is 3.14. The third kappa shape index (κ3) is 6.02. The van der Waals surface area contributed by atoms with Crippen molar-refractivity contribution in [3.63, 3.8) is 0 Å². The second-order valence-corrected chi connectivity index (χ2v) is 6.38. The van der Waals surface area contributed by atoms with Gasteiger partial charge in [0.1, 0.15) is 11.6 Å². The molecule has 0 aliphatic carbocycles. The topological polar surface area (TPSA) is 43.8 Å². The summed E-state index contributed by atoms with van der Waals surface area (Å²) in [7, 11) is 0. The Morgan fingerprint density at radius 1 is 1.14 bits per heavy atom. The summed E-state index contributed by atoms with van der Waals surface area (Å²) in [6.45, 7) is 6.10. The Morgan fingerprint density at radius 2 is 1.93 bits per heavy atom. The Hall–Kier alpha value is -1.97. The van der Waals surface area contributed by atoms with Crippen molar-refractivity contribution in [3.05, 3.63) is 59.9 Å². The zero-order chi connectivity index (χ0) is 19.1. The number of aliphatic imine (C=N–C) groups is 1. The number of anilines is 1. The molecule has 2 aromatic rings. The molecule has 1 N–H and O–H groups in total. The smallest absolute Gasteiger partial charge is 0.194 e. The monoisotopic (exact) mass is 501 g/mol. The number of nitrogens with zero attached hydrogens (tertiary/aromatic N) is 4. The zero-order valence-corrected chi connectivity index (χ0v) is 18.3. The predicted molar refractivity (Wildman–Crippen MR) is 119 cm³/mol. The fraction of sp³-hybridized carbons (Fsp3) is 0.400. The lowest BCUT2D eigenvalue weighted by atomic mass is 10.2. The molecule has 1 aromatic carbocycles. The Morgan fingerprint density at radius 3 is 2.61 bits per heavy atom. The van der Waals surface area contributed by atoms with Crippen LogP contribution in [0.4, 0.5) is 14.5 Å². The van der Waals surface area contributed by atoms with Gasteiger partial charge in [0, 0.05) is 63.6 Å². The predicted octanol–water partition coefficient (Wildman–Crippen LogP) is 3.31. The molecular weight excluding hydrogens is 475 g/mol. The van der Waals surface area contributed by atoms with E-state index in [0.717, 1.165) is 30.7 Å². The van der Waals surface area contributed by atoms with Crippen molar-refractivity contribution >= 4 is 35.6 Å². The standard InChI is InChI=1S/C20H25F2N5.HI/c1-2-23-20(25-10-8-17-5-3-4-9-24-17)27-13-11-26(12-14-27)19-15-16(21)6-7-18(19)22;/h3-7,9,15H,2,8,10-14H2,1H3,(H,23,25);1H. The summed E-state index contributed by atoms with van der Waals surface area (Å²) in [5, 5.41) is 3.32. The van der Waals surface area contributed by atoms with E-state index < -0.39 is 5.82 Å². The lowest BCUT2D eigenvalue weighted by Gasteiger charge is -2.37. The van der Waals surface area contributed by atoms with Gasteiger partial charge >= 0.3 is 0 Å². The average molecular weight is 501 g/mol. The molecule has 0 radical (unpaired) electrons. The maximum absolute atomic E-state index is 14.0. The Bertz CT molecular complexity index is 764. The lowest BCUT2D eigenvalue weighted by Crippen LogP contribution is -2.52. The average Bonchev–Trinajstić information content (AvgIpc) is 2.70. The number of halogens is 3. The third-order valence-electron chi connectivity index (χ3n) is 4.52. The van der Waals surface area contributed by atoms with E-state index in [1.807, 2.05) is 30.0 Å². The summed E-state index contributed by atoms with van der Waals surface area (Å²) >= 11 is 0. The molecule has 152 valence electrons. The number of rotatable bonds is 5. The minimum absolute atomic E-state index is 0. The number of benzene rings is 1. The second kappa shape index (κ2) is 11.1. The van der Waals surface area contributed by atoms with Gasteiger partial charge in [0.15, 0.2) is 5.96 Å². The van der Waals surface area contributed by atoms with Gasteiger partial charge in [-0.1, -0.05) is 6.07 Å². The van der Waals surface area contributed by atoms with Crippen molar-refractivity contribution in [1.82, 2.24) is 15.2 Å². The summed E-state index contributed by atoms with van der Waals surface area (Å²) in [5.74, 6) is 0.0480. The molecule has 0 spiro atoms. The highest BCUT2D eigenvalue weighted by Crippen LogP contribution is 2.21. The summed E-state index contributed by atoms with van der Waals surface area (Å²) in [4.78, 5) is 13.1. The first-order valence-electron chi connectivity index (χ1n) is 9.30. The number of guanidine groups is 1. The largest absolute Gasteiger partial charge is 0.366 e. The molecule has 0 amide bonds. The minimum Gasteiger partial charge on any atom is -0.366 e. The Labute approximate surface area is 181 Å². The van der Waals surface area contributed by atoms with Gasteiger partial charge in [-0.25, -0.2) is 8.78 Å². The molecule has 1 aromatic heterocycles. The van der Waals surface area contributed by atoms with Gasteiger partial charge < -0.3 is 15.1 Å². The van der Waals surface area contributed by atoms with Gasteiger partial charge in [-0.2, -0.15) is 0 Å². The van der Waals surface area contributed by atoms with Gasteiger partial charge in [-0.05, 0) is 31.2 Å². The van der Waals surface area contributed by atoms with E-state index in [1.54, 1.807) is 6.20 Å². The van der Waals surface area contributed by atoms with E-state index in [9.17, 15) is 8.78 Å². The molecule has 0 saturated carbocycles. The normalized spacial score (nSPS) is 14.6. The van der Waals surface area contributed by atoms with E-state index in [1.165, 1.54) is 12.1 Å². The molecule has 28 heavy (non-hydrogen) atoms. The molecule has 0 bridgehead atoms. The molecule has 8 heteroatoms. The van der Waals surface area contributed by atoms with Crippen molar-refractivity contribution in [2.45, 2.75) is 13.3 Å². The number of hydrogen-bond donors (Lipinski definition) is 1. The second-order valence-electron chi connectivity index (χ2n) is 6.38. The van der Waals surface area contributed by atoms with Crippen molar-refractivity contribution in [2.24, 2.45) is 4.99 Å². The molecule has 1 aliphatic heterocycles. The van der Waals surface area contributed by atoms with Crippen molar-refractivity contribution < 1.29 is 8.78 Å². The van der Waals surface area contributed by atoms with Gasteiger partial charge in [0.2, 0.25) is 0 Å². The fourth-order valence-corrected chi connectivity index (χ4v) is 3.14. The first-order chi connectivity index (χ1) is 13.2. The summed E-state index contributed by atoms with van der Waals surface area (Å²) < 4.78 is 27.4. The van der Waals surface area contributed by atoms with Crippen molar-refractivity contribution in [1.29, 1.82) is 0 Å². The van der Waals surface area contributed by atoms with Crippen molar-refractivity contribution in [2.75, 3.05) is 44.2 Å². The van der Waals surface area contributed by atoms with Gasteiger partial charge in [0.25, 0.3) is 0 Å². The Kier molecular flexibility index (Phi) is 8.88. The van der Waals surface area contributed by atoms with Crippen LogP contribution < -0.4 is 10.2 Å². The van der Waals surface area contributed by atoms with Crippen LogP contribution in [0.1, 0.15) is 12.6 Å². The van der Waals surface area contributed by atoms with E-state index in [-0.39, 0.29) is 29.8 Å². The summed E-state index contributed by atoms with van der Waals surface area (Å²) in [5.41, 5.74) is 1.34. The van der Waals surface area contributed by atoms with Crippen molar-refractivity contribution in [3.8, 4) is 0 Å². The van der Waals surface area contributed by atoms with Crippen LogP contribution in [0.15, 0.2) is 47.6 Å². The lowest BCUT2D eigenvalue weighted by molar-refractivity contribution is 0.370. The highest BCUT2D eigenvalue weighted by atomic mass is 127. The van der Waals surface area contributed by atoms with Crippen LogP contribution >= 0.6 is 24.0 Å². The highest BCUT2D eigenvalue weighted by molar-refractivity contribution is 14.0. The Balaban J connectivity index is 0.00000280. The van der Waals surface area contributed by atoms with Crippen LogP contribution in [-0.2, 0) is 6.42 Å². The molecule has 0 atom stereocenters. The summed E-state index contributed by atoms with van der Waals surface area (Å²) in [6, 6.07) is 9.46. The SMILES string of the molecule is CCNC(=NCCc1ccccn1)N1CCN(c2cc(F)ccc2F)CC1.I. The van der Waals surface area contributed by atoms with E-state index >= 15 is 0 Å². The highest BCUT2D eigenvalue weighted by Gasteiger charge is 2.22. The molecular formula is C20H26F2IN5. The van der Waals surface area contributed by atoms with Gasteiger partial charge in [-0.15, -0.1) is 24.0 Å². The van der Waals surface area contributed by atoms with E-state index in [2.05, 4.69) is 15.2 Å².